The number of hydrogen-bond acceptors (Lipinski definition) is 5. The van der Waals surface area contributed by atoms with E-state index < -0.39 is 12.0 Å². The van der Waals surface area contributed by atoms with E-state index in [1.54, 1.807) is 30.2 Å². The maximum absolute atomic E-state index is 11.4. The Labute approximate surface area is 173 Å². The molecule has 1 atom stereocenters. The number of nitrogens with zero attached hydrogens (tertiary/aromatic N) is 2. The van der Waals surface area contributed by atoms with Crippen molar-refractivity contribution in [1.82, 2.24) is 9.97 Å². The zero-order valence-electron chi connectivity index (χ0n) is 17.4. The Morgan fingerprint density at radius 3 is 2.29 bits per heavy atom. The average Bonchev–Trinajstić information content (AvgIpc) is 2.64. The van der Waals surface area contributed by atoms with E-state index in [-0.39, 0.29) is 0 Å². The number of anilines is 1. The van der Waals surface area contributed by atoms with Crippen LogP contribution >= 0.6 is 11.8 Å². The highest BCUT2D eigenvalue weighted by molar-refractivity contribution is 7.99. The van der Waals surface area contributed by atoms with Gasteiger partial charge in [0.25, 0.3) is 0 Å². The normalized spacial score (nSPS) is 13.1. The summed E-state index contributed by atoms with van der Waals surface area (Å²) in [4.78, 5) is 19.4. The van der Waals surface area contributed by atoms with E-state index in [0.717, 1.165) is 31.4 Å². The van der Waals surface area contributed by atoms with Crippen LogP contribution in [0.25, 0.3) is 0 Å². The van der Waals surface area contributed by atoms with E-state index in [4.69, 9.17) is 0 Å². The van der Waals surface area contributed by atoms with Crippen molar-refractivity contribution in [3.05, 3.63) is 53.4 Å². The van der Waals surface area contributed by atoms with Crippen LogP contribution in [0, 0.1) is 0 Å². The minimum atomic E-state index is -0.894. The minimum Gasteiger partial charge on any atom is -0.480 e. The number of hydrogen-bond donors (Lipinski definition) is 2. The number of nitrogens with one attached hydrogen (secondary N) is 1. The molecule has 2 N–H and O–H groups in total. The van der Waals surface area contributed by atoms with Crippen LogP contribution in [-0.2, 0) is 4.79 Å². The first kappa shape index (κ1) is 24.0. The Morgan fingerprint density at radius 2 is 1.68 bits per heavy atom. The van der Waals surface area contributed by atoms with Crippen LogP contribution in [0.2, 0.25) is 0 Å². The Balaban J connectivity index is 2.30. The first-order chi connectivity index (χ1) is 13.4. The molecule has 1 unspecified atom stereocenters. The first-order valence-corrected chi connectivity index (χ1v) is 10.8. The third kappa shape index (κ3) is 11.6. The molecular formula is C22H33N3O2S. The van der Waals surface area contributed by atoms with Gasteiger partial charge in [0.05, 0.1) is 0 Å². The third-order valence-electron chi connectivity index (χ3n) is 4.12. The van der Waals surface area contributed by atoms with Crippen LogP contribution in [0.5, 0.6) is 0 Å². The van der Waals surface area contributed by atoms with Crippen LogP contribution in [0.15, 0.2) is 53.4 Å². The smallest absolute Gasteiger partial charge is 0.327 e. The fourth-order valence-corrected chi connectivity index (χ4v) is 3.43. The van der Waals surface area contributed by atoms with Crippen molar-refractivity contribution < 1.29 is 9.90 Å². The number of carboxylic acid groups (broad SMARTS) is 1. The Hall–Kier alpha value is -2.08. The molecule has 0 aromatic carbocycles. The molecule has 0 spiro atoms. The number of rotatable bonds is 13. The van der Waals surface area contributed by atoms with Crippen LogP contribution in [-0.4, -0.2) is 38.6 Å². The van der Waals surface area contributed by atoms with Gasteiger partial charge in [0.2, 0.25) is 5.95 Å². The molecule has 0 bridgehead atoms. The predicted molar refractivity (Wildman–Crippen MR) is 120 cm³/mol. The Morgan fingerprint density at radius 1 is 1.07 bits per heavy atom. The molecule has 28 heavy (non-hydrogen) atoms. The van der Waals surface area contributed by atoms with Crippen molar-refractivity contribution >= 4 is 23.7 Å². The highest BCUT2D eigenvalue weighted by Crippen LogP contribution is 2.13. The second-order valence-electron chi connectivity index (χ2n) is 7.10. The van der Waals surface area contributed by atoms with Crippen LogP contribution in [0.4, 0.5) is 5.95 Å². The van der Waals surface area contributed by atoms with E-state index in [1.807, 2.05) is 0 Å². The summed E-state index contributed by atoms with van der Waals surface area (Å²) in [5, 5.41) is 12.2. The molecular weight excluding hydrogens is 370 g/mol. The molecule has 0 radical (unpaired) electrons. The van der Waals surface area contributed by atoms with Crippen molar-refractivity contribution in [1.29, 1.82) is 0 Å². The summed E-state index contributed by atoms with van der Waals surface area (Å²) < 4.78 is 0. The molecule has 154 valence electrons. The zero-order chi connectivity index (χ0) is 20.8. The SMILES string of the molecule is CC(C)=CCCC(C)=CCC/C(C)=C/CSCC(Nc1ncccn1)C(=O)O. The Kier molecular flexibility index (Phi) is 12.0. The largest absolute Gasteiger partial charge is 0.480 e. The fourth-order valence-electron chi connectivity index (χ4n) is 2.43. The van der Waals surface area contributed by atoms with Gasteiger partial charge in [0.1, 0.15) is 6.04 Å². The molecule has 0 fully saturated rings. The maximum Gasteiger partial charge on any atom is 0.327 e. The molecule has 1 heterocycles. The summed E-state index contributed by atoms with van der Waals surface area (Å²) in [7, 11) is 0. The fraction of sp³-hybridized carbons (Fsp3) is 0.500. The van der Waals surface area contributed by atoms with Crippen molar-refractivity contribution in [2.45, 2.75) is 59.4 Å². The van der Waals surface area contributed by atoms with Gasteiger partial charge < -0.3 is 10.4 Å². The number of aromatic nitrogens is 2. The summed E-state index contributed by atoms with van der Waals surface area (Å²) >= 11 is 1.59. The number of carboxylic acids is 1. The van der Waals surface area contributed by atoms with Gasteiger partial charge in [-0.15, -0.1) is 0 Å². The van der Waals surface area contributed by atoms with Gasteiger partial charge in [-0.2, -0.15) is 11.8 Å². The average molecular weight is 404 g/mol. The van der Waals surface area contributed by atoms with E-state index in [0.29, 0.717) is 11.7 Å². The predicted octanol–water partition coefficient (Wildman–Crippen LogP) is 5.49. The van der Waals surface area contributed by atoms with Gasteiger partial charge in [0.15, 0.2) is 0 Å². The summed E-state index contributed by atoms with van der Waals surface area (Å²) in [6.07, 6.45) is 14.3. The number of aliphatic carboxylic acids is 1. The van der Waals surface area contributed by atoms with E-state index in [1.165, 1.54) is 16.7 Å². The lowest BCUT2D eigenvalue weighted by atomic mass is 10.1. The molecule has 6 heteroatoms. The summed E-state index contributed by atoms with van der Waals surface area (Å²) in [5.74, 6) is 0.708. The van der Waals surface area contributed by atoms with Gasteiger partial charge in [-0.25, -0.2) is 14.8 Å². The molecule has 0 saturated heterocycles. The topological polar surface area (TPSA) is 75.1 Å². The second-order valence-corrected chi connectivity index (χ2v) is 8.18. The first-order valence-electron chi connectivity index (χ1n) is 9.67. The van der Waals surface area contributed by atoms with E-state index in [9.17, 15) is 9.90 Å². The number of allylic oxidation sites excluding steroid dienone is 5. The second kappa shape index (κ2) is 14.0. The maximum atomic E-state index is 11.4. The molecule has 0 saturated carbocycles. The lowest BCUT2D eigenvalue weighted by Crippen LogP contribution is -2.32. The van der Waals surface area contributed by atoms with Gasteiger partial charge >= 0.3 is 5.97 Å². The highest BCUT2D eigenvalue weighted by Gasteiger charge is 2.17. The highest BCUT2D eigenvalue weighted by atomic mass is 32.2. The van der Waals surface area contributed by atoms with Gasteiger partial charge in [0, 0.05) is 23.9 Å². The molecule has 0 amide bonds. The van der Waals surface area contributed by atoms with Crippen molar-refractivity contribution in [2.24, 2.45) is 0 Å². The van der Waals surface area contributed by atoms with E-state index in [2.05, 4.69) is 61.2 Å². The Bertz CT molecular complexity index is 680. The molecule has 0 aliphatic carbocycles. The van der Waals surface area contributed by atoms with Crippen molar-refractivity contribution in [3.63, 3.8) is 0 Å². The van der Waals surface area contributed by atoms with Crippen LogP contribution in [0.3, 0.4) is 0 Å². The number of carbonyl (C=O) groups is 1. The lowest BCUT2D eigenvalue weighted by molar-refractivity contribution is -0.137. The van der Waals surface area contributed by atoms with Crippen molar-refractivity contribution in [3.8, 4) is 0 Å². The monoisotopic (exact) mass is 403 g/mol. The van der Waals surface area contributed by atoms with Crippen LogP contribution in [0.1, 0.15) is 53.4 Å². The molecule has 1 aromatic rings. The molecule has 0 aliphatic heterocycles. The third-order valence-corrected chi connectivity index (χ3v) is 5.10. The van der Waals surface area contributed by atoms with E-state index >= 15 is 0 Å². The summed E-state index contributed by atoms with van der Waals surface area (Å²) in [5.41, 5.74) is 4.16. The standard InChI is InChI=1S/C22H33N3O2S/c1-17(2)8-5-9-18(3)10-6-11-19(4)12-15-28-16-20(21(26)27)25-22-23-13-7-14-24-22/h7-8,10,12-14,20H,5-6,9,11,15-16H2,1-4H3,(H,26,27)(H,23,24,25)/b18-10?,19-12+. The van der Waals surface area contributed by atoms with Gasteiger partial charge in [-0.3, -0.25) is 0 Å². The van der Waals surface area contributed by atoms with Gasteiger partial charge in [-0.05, 0) is 59.4 Å². The number of thioether (sulfide) groups is 1. The zero-order valence-corrected chi connectivity index (χ0v) is 18.3. The molecule has 1 rings (SSSR count). The molecule has 5 nitrogen and oxygen atoms in total. The lowest BCUT2D eigenvalue weighted by Gasteiger charge is -2.13. The quantitative estimate of drug-likeness (QED) is 0.335. The van der Waals surface area contributed by atoms with Crippen molar-refractivity contribution in [2.75, 3.05) is 16.8 Å². The molecule has 0 aliphatic rings. The molecule has 1 aromatic heterocycles. The summed E-state index contributed by atoms with van der Waals surface area (Å²) in [6.45, 7) is 8.60. The summed E-state index contributed by atoms with van der Waals surface area (Å²) in [6, 6.07) is 0.996. The van der Waals surface area contributed by atoms with Crippen LogP contribution < -0.4 is 5.32 Å². The minimum absolute atomic E-state index is 0.342. The van der Waals surface area contributed by atoms with Gasteiger partial charge in [-0.1, -0.05) is 34.9 Å².